The number of hydrogen-bond donors (Lipinski definition) is 2. The molecule has 6 nitrogen and oxygen atoms in total. The summed E-state index contributed by atoms with van der Waals surface area (Å²) >= 11 is 0. The Kier molecular flexibility index (Phi) is 10.2. The van der Waals surface area contributed by atoms with Gasteiger partial charge in [0, 0.05) is 18.2 Å². The number of rotatable bonds is 8. The summed E-state index contributed by atoms with van der Waals surface area (Å²) in [6, 6.07) is 6.95. The standard InChI is InChI=1S/C19H26F2N4O2.HI/c1-5-22-19(24-11-15-9-16(12(2)3)25-27-15)23-10-14-8-13(4)6-7-17(14)26-18(20)21;/h6-9,12,18H,5,10-11H2,1-4H3,(H2,22,23,24);1H. The van der Waals surface area contributed by atoms with Gasteiger partial charge in [-0.2, -0.15) is 8.78 Å². The van der Waals surface area contributed by atoms with Crippen molar-refractivity contribution in [3.63, 3.8) is 0 Å². The molecule has 9 heteroatoms. The molecular weight excluding hydrogens is 481 g/mol. The summed E-state index contributed by atoms with van der Waals surface area (Å²) in [5.74, 6) is 1.66. The molecule has 2 aromatic rings. The van der Waals surface area contributed by atoms with Crippen molar-refractivity contribution in [1.29, 1.82) is 0 Å². The lowest BCUT2D eigenvalue weighted by Crippen LogP contribution is -2.36. The summed E-state index contributed by atoms with van der Waals surface area (Å²) in [6.07, 6.45) is 0. The minimum absolute atomic E-state index is 0. The molecule has 0 spiro atoms. The number of alkyl halides is 2. The van der Waals surface area contributed by atoms with Gasteiger partial charge in [0.15, 0.2) is 11.7 Å². The minimum atomic E-state index is -2.87. The molecule has 1 aromatic carbocycles. The monoisotopic (exact) mass is 508 g/mol. The molecule has 0 amide bonds. The first-order chi connectivity index (χ1) is 12.9. The van der Waals surface area contributed by atoms with E-state index in [0.29, 0.717) is 36.3 Å². The molecule has 0 saturated carbocycles. The Balaban J connectivity index is 0.00000392. The van der Waals surface area contributed by atoms with Gasteiger partial charge in [0.2, 0.25) is 0 Å². The van der Waals surface area contributed by atoms with Crippen molar-refractivity contribution >= 4 is 29.9 Å². The van der Waals surface area contributed by atoms with Gasteiger partial charge < -0.3 is 19.9 Å². The second-order valence-electron chi connectivity index (χ2n) is 6.41. The van der Waals surface area contributed by atoms with E-state index < -0.39 is 6.61 Å². The SMILES string of the molecule is CCNC(=NCc1cc(C)ccc1OC(F)F)NCc1cc(C(C)C)no1.I. The van der Waals surface area contributed by atoms with Crippen molar-refractivity contribution in [3.8, 4) is 5.75 Å². The Morgan fingerprint density at radius 1 is 1.25 bits per heavy atom. The van der Waals surface area contributed by atoms with Crippen molar-refractivity contribution in [1.82, 2.24) is 15.8 Å². The fourth-order valence-electron chi connectivity index (χ4n) is 2.40. The molecule has 0 unspecified atom stereocenters. The van der Waals surface area contributed by atoms with E-state index in [4.69, 9.17) is 4.52 Å². The summed E-state index contributed by atoms with van der Waals surface area (Å²) in [7, 11) is 0. The highest BCUT2D eigenvalue weighted by Crippen LogP contribution is 2.23. The van der Waals surface area contributed by atoms with Crippen LogP contribution in [0.2, 0.25) is 0 Å². The number of benzene rings is 1. The molecule has 0 fully saturated rings. The van der Waals surface area contributed by atoms with Gasteiger partial charge in [0.25, 0.3) is 0 Å². The molecule has 1 aromatic heterocycles. The first-order valence-electron chi connectivity index (χ1n) is 8.91. The van der Waals surface area contributed by atoms with Crippen LogP contribution in [0.3, 0.4) is 0 Å². The highest BCUT2D eigenvalue weighted by atomic mass is 127. The predicted molar refractivity (Wildman–Crippen MR) is 115 cm³/mol. The van der Waals surface area contributed by atoms with Crippen LogP contribution < -0.4 is 15.4 Å². The summed E-state index contributed by atoms with van der Waals surface area (Å²) < 4.78 is 35.1. The van der Waals surface area contributed by atoms with Gasteiger partial charge in [-0.1, -0.05) is 36.7 Å². The van der Waals surface area contributed by atoms with E-state index in [1.54, 1.807) is 12.1 Å². The van der Waals surface area contributed by atoms with Gasteiger partial charge in [0.1, 0.15) is 5.75 Å². The molecule has 0 saturated heterocycles. The normalized spacial score (nSPS) is 11.5. The highest BCUT2D eigenvalue weighted by molar-refractivity contribution is 14.0. The molecule has 2 N–H and O–H groups in total. The van der Waals surface area contributed by atoms with E-state index in [2.05, 4.69) is 25.5 Å². The Hall–Kier alpha value is -1.91. The van der Waals surface area contributed by atoms with E-state index in [1.807, 2.05) is 33.8 Å². The Labute approximate surface area is 181 Å². The number of nitrogens with one attached hydrogen (secondary N) is 2. The van der Waals surface area contributed by atoms with E-state index in [9.17, 15) is 8.78 Å². The second kappa shape index (κ2) is 11.8. The van der Waals surface area contributed by atoms with Crippen LogP contribution in [0, 0.1) is 6.92 Å². The van der Waals surface area contributed by atoms with Gasteiger partial charge in [-0.25, -0.2) is 4.99 Å². The Morgan fingerprint density at radius 2 is 2.00 bits per heavy atom. The molecular formula is C19H27F2IN4O2. The molecule has 0 aliphatic carbocycles. The molecule has 156 valence electrons. The summed E-state index contributed by atoms with van der Waals surface area (Å²) in [5.41, 5.74) is 2.43. The van der Waals surface area contributed by atoms with Gasteiger partial charge in [-0.3, -0.25) is 0 Å². The fourth-order valence-corrected chi connectivity index (χ4v) is 2.40. The quantitative estimate of drug-likeness (QED) is 0.311. The predicted octanol–water partition coefficient (Wildman–Crippen LogP) is 4.58. The van der Waals surface area contributed by atoms with E-state index in [0.717, 1.165) is 11.3 Å². The number of halogens is 3. The molecule has 2 rings (SSSR count). The van der Waals surface area contributed by atoms with Crippen molar-refractivity contribution in [2.24, 2.45) is 4.99 Å². The smallest absolute Gasteiger partial charge is 0.387 e. The first kappa shape index (κ1) is 24.1. The molecule has 28 heavy (non-hydrogen) atoms. The van der Waals surface area contributed by atoms with Gasteiger partial charge in [-0.05, 0) is 25.8 Å². The van der Waals surface area contributed by atoms with Crippen LogP contribution in [0.5, 0.6) is 5.75 Å². The van der Waals surface area contributed by atoms with Crippen LogP contribution in [-0.4, -0.2) is 24.3 Å². The van der Waals surface area contributed by atoms with Crippen molar-refractivity contribution in [3.05, 3.63) is 46.8 Å². The van der Waals surface area contributed by atoms with Crippen molar-refractivity contribution in [2.75, 3.05) is 6.54 Å². The fraction of sp³-hybridized carbons (Fsp3) is 0.474. The van der Waals surface area contributed by atoms with Crippen LogP contribution >= 0.6 is 24.0 Å². The molecule has 0 radical (unpaired) electrons. The Morgan fingerprint density at radius 3 is 2.61 bits per heavy atom. The van der Waals surface area contributed by atoms with Gasteiger partial charge in [0.05, 0.1) is 18.8 Å². The van der Waals surface area contributed by atoms with Crippen LogP contribution in [-0.2, 0) is 13.1 Å². The van der Waals surface area contributed by atoms with Gasteiger partial charge >= 0.3 is 6.61 Å². The average Bonchev–Trinajstić information content (AvgIpc) is 3.08. The van der Waals surface area contributed by atoms with E-state index >= 15 is 0 Å². The maximum Gasteiger partial charge on any atom is 0.387 e. The molecule has 0 atom stereocenters. The maximum absolute atomic E-state index is 12.6. The molecule has 1 heterocycles. The zero-order valence-corrected chi connectivity index (χ0v) is 18.8. The zero-order valence-electron chi connectivity index (χ0n) is 16.5. The Bertz CT molecular complexity index is 766. The largest absolute Gasteiger partial charge is 0.434 e. The van der Waals surface area contributed by atoms with Crippen LogP contribution in [0.1, 0.15) is 49.3 Å². The van der Waals surface area contributed by atoms with Crippen LogP contribution in [0.15, 0.2) is 33.8 Å². The number of guanidine groups is 1. The van der Waals surface area contributed by atoms with Crippen LogP contribution in [0.25, 0.3) is 0 Å². The number of nitrogens with zero attached hydrogens (tertiary/aromatic N) is 2. The lowest BCUT2D eigenvalue weighted by Gasteiger charge is -2.12. The summed E-state index contributed by atoms with van der Waals surface area (Å²) in [4.78, 5) is 4.46. The zero-order chi connectivity index (χ0) is 19.8. The lowest BCUT2D eigenvalue weighted by molar-refractivity contribution is -0.0504. The van der Waals surface area contributed by atoms with E-state index in [-0.39, 0.29) is 36.3 Å². The lowest BCUT2D eigenvalue weighted by atomic mass is 10.1. The minimum Gasteiger partial charge on any atom is -0.434 e. The molecule has 0 bridgehead atoms. The second-order valence-corrected chi connectivity index (χ2v) is 6.41. The van der Waals surface area contributed by atoms with E-state index in [1.165, 1.54) is 6.07 Å². The average molecular weight is 508 g/mol. The number of aliphatic imine (C=N–C) groups is 1. The summed E-state index contributed by atoms with van der Waals surface area (Å²) in [5, 5.41) is 10.3. The summed E-state index contributed by atoms with van der Waals surface area (Å²) in [6.45, 7) is 6.33. The number of hydrogen-bond acceptors (Lipinski definition) is 4. The van der Waals surface area contributed by atoms with Crippen molar-refractivity contribution in [2.45, 2.75) is 53.3 Å². The third kappa shape index (κ3) is 7.61. The maximum atomic E-state index is 12.6. The topological polar surface area (TPSA) is 71.7 Å². The number of aryl methyl sites for hydroxylation is 1. The van der Waals surface area contributed by atoms with Crippen molar-refractivity contribution < 1.29 is 18.0 Å². The third-order valence-electron chi connectivity index (χ3n) is 3.78. The highest BCUT2D eigenvalue weighted by Gasteiger charge is 2.11. The molecule has 0 aliphatic rings. The third-order valence-corrected chi connectivity index (χ3v) is 3.78. The number of aromatic nitrogens is 1. The number of ether oxygens (including phenoxy) is 1. The van der Waals surface area contributed by atoms with Crippen LogP contribution in [0.4, 0.5) is 8.78 Å². The van der Waals surface area contributed by atoms with Gasteiger partial charge in [-0.15, -0.1) is 24.0 Å². The first-order valence-corrected chi connectivity index (χ1v) is 8.91. The molecule has 0 aliphatic heterocycles.